The Morgan fingerprint density at radius 2 is 1.64 bits per heavy atom. The van der Waals surface area contributed by atoms with E-state index in [1.807, 2.05) is 34.0 Å². The number of halogens is 1. The zero-order chi connectivity index (χ0) is 19.7. The summed E-state index contributed by atoms with van der Waals surface area (Å²) in [4.78, 5) is 5.88. The first kappa shape index (κ1) is 20.8. The van der Waals surface area contributed by atoms with Crippen LogP contribution in [0.1, 0.15) is 82.3 Å². The summed E-state index contributed by atoms with van der Waals surface area (Å²) in [7, 11) is 0. The predicted molar refractivity (Wildman–Crippen MR) is 132 cm³/mol. The monoisotopic (exact) mass is 492 g/mol. The second kappa shape index (κ2) is 9.16. The summed E-state index contributed by atoms with van der Waals surface area (Å²) in [5.41, 5.74) is 3.14. The Hall–Kier alpha value is -0.420. The van der Waals surface area contributed by atoms with Gasteiger partial charge in [-0.1, -0.05) is 52.9 Å². The van der Waals surface area contributed by atoms with Crippen molar-refractivity contribution in [2.75, 3.05) is 0 Å². The fourth-order valence-corrected chi connectivity index (χ4v) is 8.58. The first-order valence-electron chi connectivity index (χ1n) is 10.6. The van der Waals surface area contributed by atoms with Crippen LogP contribution in [0.4, 0.5) is 0 Å². The maximum atomic E-state index is 3.77. The topological polar surface area (TPSA) is 0 Å². The molecule has 0 radical (unpaired) electrons. The van der Waals surface area contributed by atoms with Crippen LogP contribution in [0.3, 0.4) is 0 Å². The van der Waals surface area contributed by atoms with E-state index in [2.05, 4.69) is 66.3 Å². The fourth-order valence-electron chi connectivity index (χ4n) is 4.60. The molecule has 0 aromatic carbocycles. The van der Waals surface area contributed by atoms with Crippen LogP contribution in [0.2, 0.25) is 0 Å². The van der Waals surface area contributed by atoms with Gasteiger partial charge in [0.2, 0.25) is 0 Å². The molecule has 150 valence electrons. The molecular weight excluding hydrogens is 464 g/mol. The van der Waals surface area contributed by atoms with Gasteiger partial charge in [0.1, 0.15) is 0 Å². The number of rotatable bonds is 6. The van der Waals surface area contributed by atoms with Crippen molar-refractivity contribution >= 4 is 49.9 Å². The molecular formula is C24H29BrS3. The highest BCUT2D eigenvalue weighted by Crippen LogP contribution is 2.52. The number of unbranched alkanes of at least 4 members (excludes halogenated alkanes) is 4. The normalized spacial score (nSPS) is 21.4. The van der Waals surface area contributed by atoms with Gasteiger partial charge in [-0.15, -0.1) is 34.0 Å². The third-order valence-electron chi connectivity index (χ3n) is 6.41. The van der Waals surface area contributed by atoms with Crippen LogP contribution in [-0.2, 0) is 0 Å². The van der Waals surface area contributed by atoms with Crippen molar-refractivity contribution in [2.24, 2.45) is 5.92 Å². The van der Waals surface area contributed by atoms with Crippen LogP contribution in [0, 0.1) is 5.92 Å². The summed E-state index contributed by atoms with van der Waals surface area (Å²) in [5.74, 6) is 1.85. The lowest BCUT2D eigenvalue weighted by Gasteiger charge is -2.30. The standard InChI is InChI=1S/C24H29BrS3/c1-4-5-6-7-8-9-17-15(2)16(3)19-14-22(25)28-24(19)21-11-10-20(27-21)23-18(17)12-13-26-23/h10-17H,4-9H2,1-3H3. The Morgan fingerprint density at radius 3 is 2.43 bits per heavy atom. The molecule has 3 unspecified atom stereocenters. The Morgan fingerprint density at radius 1 is 0.893 bits per heavy atom. The third-order valence-corrected chi connectivity index (χ3v) is 10.4. The van der Waals surface area contributed by atoms with Crippen molar-refractivity contribution in [1.82, 2.24) is 0 Å². The molecule has 0 nitrogen and oxygen atoms in total. The maximum absolute atomic E-state index is 3.77. The van der Waals surface area contributed by atoms with Gasteiger partial charge < -0.3 is 0 Å². The van der Waals surface area contributed by atoms with E-state index in [1.165, 1.54) is 67.4 Å². The number of hydrogen-bond acceptors (Lipinski definition) is 3. The Bertz CT molecular complexity index is 916. The summed E-state index contributed by atoms with van der Waals surface area (Å²) >= 11 is 9.58. The Balaban J connectivity index is 1.73. The van der Waals surface area contributed by atoms with Crippen molar-refractivity contribution < 1.29 is 0 Å². The highest BCUT2D eigenvalue weighted by Gasteiger charge is 2.31. The van der Waals surface area contributed by atoms with Crippen molar-refractivity contribution in [2.45, 2.75) is 71.1 Å². The molecule has 0 amide bonds. The van der Waals surface area contributed by atoms with E-state index in [4.69, 9.17) is 0 Å². The number of fused-ring (bicyclic) bond motifs is 6. The van der Waals surface area contributed by atoms with Gasteiger partial charge in [-0.2, -0.15) is 0 Å². The van der Waals surface area contributed by atoms with E-state index in [1.54, 1.807) is 5.56 Å². The smallest absolute Gasteiger partial charge is 0.0708 e. The molecule has 2 bridgehead atoms. The van der Waals surface area contributed by atoms with Gasteiger partial charge in [0, 0.05) is 19.5 Å². The van der Waals surface area contributed by atoms with E-state index in [0.29, 0.717) is 17.8 Å². The lowest BCUT2D eigenvalue weighted by atomic mass is 9.75. The molecule has 4 rings (SSSR count). The van der Waals surface area contributed by atoms with Crippen LogP contribution in [0.5, 0.6) is 0 Å². The van der Waals surface area contributed by atoms with Gasteiger partial charge in [0.25, 0.3) is 0 Å². The van der Waals surface area contributed by atoms with Gasteiger partial charge in [0.05, 0.1) is 3.79 Å². The highest BCUT2D eigenvalue weighted by molar-refractivity contribution is 9.11. The number of hydrogen-bond donors (Lipinski definition) is 0. The Kier molecular flexibility index (Phi) is 6.81. The molecule has 3 aromatic rings. The van der Waals surface area contributed by atoms with Crippen molar-refractivity contribution in [3.05, 3.63) is 44.6 Å². The van der Waals surface area contributed by atoms with Crippen LogP contribution in [-0.4, -0.2) is 0 Å². The summed E-state index contributed by atoms with van der Waals surface area (Å²) in [6.07, 6.45) is 8.14. The molecule has 0 spiro atoms. The molecule has 28 heavy (non-hydrogen) atoms. The van der Waals surface area contributed by atoms with E-state index < -0.39 is 0 Å². The van der Waals surface area contributed by atoms with E-state index >= 15 is 0 Å². The van der Waals surface area contributed by atoms with Crippen molar-refractivity contribution in [1.29, 1.82) is 0 Å². The average molecular weight is 494 g/mol. The Labute approximate surface area is 190 Å². The minimum Gasteiger partial charge on any atom is -0.143 e. The SMILES string of the molecule is CCCCCCCC1c2ccsc2-c2ccc(s2)-c2sc(Br)cc2C(C)C1C. The minimum atomic E-state index is 0.564. The first-order chi connectivity index (χ1) is 13.6. The van der Waals surface area contributed by atoms with Gasteiger partial charge in [-0.3, -0.25) is 0 Å². The first-order valence-corrected chi connectivity index (χ1v) is 13.9. The highest BCUT2D eigenvalue weighted by atomic mass is 79.9. The van der Waals surface area contributed by atoms with Gasteiger partial charge in [0.15, 0.2) is 0 Å². The fraction of sp³-hybridized carbons (Fsp3) is 0.500. The maximum Gasteiger partial charge on any atom is 0.0708 e. The largest absolute Gasteiger partial charge is 0.143 e. The van der Waals surface area contributed by atoms with Gasteiger partial charge in [-0.05, 0) is 80.9 Å². The third kappa shape index (κ3) is 4.08. The summed E-state index contributed by atoms with van der Waals surface area (Å²) in [5, 5.41) is 2.32. The van der Waals surface area contributed by atoms with Crippen molar-refractivity contribution in [3.8, 4) is 19.5 Å². The average Bonchev–Trinajstić information content (AvgIpc) is 3.41. The van der Waals surface area contributed by atoms with Gasteiger partial charge in [-0.25, -0.2) is 0 Å². The summed E-state index contributed by atoms with van der Waals surface area (Å²) in [6.45, 7) is 7.25. The second-order valence-electron chi connectivity index (χ2n) is 8.16. The lowest BCUT2D eigenvalue weighted by molar-refractivity contribution is 0.369. The summed E-state index contributed by atoms with van der Waals surface area (Å²) < 4.78 is 1.26. The molecule has 0 fully saturated rings. The minimum absolute atomic E-state index is 0.564. The quantitative estimate of drug-likeness (QED) is 0.300. The van der Waals surface area contributed by atoms with Crippen molar-refractivity contribution in [3.63, 3.8) is 0 Å². The second-order valence-corrected chi connectivity index (χ2v) is 12.6. The van der Waals surface area contributed by atoms with Crippen LogP contribution in [0.15, 0.2) is 33.4 Å². The predicted octanol–water partition coefficient (Wildman–Crippen LogP) is 10.2. The van der Waals surface area contributed by atoms with Crippen LogP contribution < -0.4 is 0 Å². The van der Waals surface area contributed by atoms with E-state index in [-0.39, 0.29) is 0 Å². The molecule has 3 atom stereocenters. The molecule has 4 heterocycles. The molecule has 3 aromatic heterocycles. The molecule has 1 aliphatic heterocycles. The molecule has 0 N–H and O–H groups in total. The molecule has 4 heteroatoms. The zero-order valence-corrected chi connectivity index (χ0v) is 21.0. The van der Waals surface area contributed by atoms with E-state index in [0.717, 1.165) is 0 Å². The zero-order valence-electron chi connectivity index (χ0n) is 17.0. The van der Waals surface area contributed by atoms with Gasteiger partial charge >= 0.3 is 0 Å². The molecule has 0 saturated heterocycles. The van der Waals surface area contributed by atoms with Crippen LogP contribution in [0.25, 0.3) is 19.5 Å². The number of thiophene rings is 3. The van der Waals surface area contributed by atoms with E-state index in [9.17, 15) is 0 Å². The summed E-state index contributed by atoms with van der Waals surface area (Å²) in [6, 6.07) is 9.50. The molecule has 0 saturated carbocycles. The molecule has 0 aliphatic carbocycles. The molecule has 1 aliphatic rings. The van der Waals surface area contributed by atoms with Crippen LogP contribution >= 0.6 is 49.9 Å². The lowest BCUT2D eigenvalue weighted by Crippen LogP contribution is -2.17.